The fourth-order valence-corrected chi connectivity index (χ4v) is 2.88. The van der Waals surface area contributed by atoms with Crippen molar-refractivity contribution in [2.24, 2.45) is 0 Å². The number of carbonyl (C=O) groups is 1. The molecule has 1 heterocycles. The average Bonchev–Trinajstić information content (AvgIpc) is 2.63. The minimum absolute atomic E-state index is 0.0102. The number of carbonyl (C=O) groups excluding carboxylic acids is 1. The fourth-order valence-electron chi connectivity index (χ4n) is 2.88. The second-order valence-corrected chi connectivity index (χ2v) is 7.40. The van der Waals surface area contributed by atoms with Crippen molar-refractivity contribution in [3.63, 3.8) is 0 Å². The number of ether oxygens (including phenoxy) is 1. The van der Waals surface area contributed by atoms with E-state index in [0.717, 1.165) is 5.56 Å². The van der Waals surface area contributed by atoms with E-state index in [0.29, 0.717) is 22.3 Å². The number of rotatable bonds is 4. The fraction of sp³-hybridized carbons (Fsp3) is 0.286. The zero-order valence-electron chi connectivity index (χ0n) is 15.9. The van der Waals surface area contributed by atoms with Crippen LogP contribution in [-0.4, -0.2) is 22.8 Å². The summed E-state index contributed by atoms with van der Waals surface area (Å²) in [5.74, 6) is 0.342. The van der Waals surface area contributed by atoms with Crippen LogP contribution in [0.15, 0.2) is 53.5 Å². The second kappa shape index (κ2) is 7.23. The maximum atomic E-state index is 12.6. The van der Waals surface area contributed by atoms with Crippen molar-refractivity contribution in [2.45, 2.75) is 32.7 Å². The number of hydrogen-bond donors (Lipinski definition) is 1. The lowest BCUT2D eigenvalue weighted by atomic mass is 9.87. The summed E-state index contributed by atoms with van der Waals surface area (Å²) in [6.07, 6.45) is 1.23. The lowest BCUT2D eigenvalue weighted by Gasteiger charge is -2.21. The molecule has 0 atom stereocenters. The first-order chi connectivity index (χ1) is 12.8. The highest BCUT2D eigenvalue weighted by molar-refractivity contribution is 5.93. The van der Waals surface area contributed by atoms with E-state index in [2.05, 4.69) is 31.2 Å². The second-order valence-electron chi connectivity index (χ2n) is 7.40. The SMILES string of the molecule is COc1ccc(C(C)(C)C)cc1NC(=O)Cn1ncc(=O)c2ccccc21. The number of para-hydroxylation sites is 1. The molecule has 1 aromatic heterocycles. The Kier molecular flexibility index (Phi) is 4.99. The standard InChI is InChI=1S/C21H23N3O3/c1-21(2,3)14-9-10-19(27-4)16(11-14)23-20(26)13-24-17-8-6-5-7-15(17)18(25)12-22-24/h5-12H,13H2,1-4H3,(H,23,26). The summed E-state index contributed by atoms with van der Waals surface area (Å²) in [6, 6.07) is 12.9. The van der Waals surface area contributed by atoms with Gasteiger partial charge in [-0.3, -0.25) is 14.3 Å². The van der Waals surface area contributed by atoms with E-state index in [1.807, 2.05) is 24.3 Å². The monoisotopic (exact) mass is 365 g/mol. The smallest absolute Gasteiger partial charge is 0.246 e. The zero-order chi connectivity index (χ0) is 19.6. The van der Waals surface area contributed by atoms with Crippen LogP contribution in [-0.2, 0) is 16.8 Å². The molecule has 0 saturated heterocycles. The van der Waals surface area contributed by atoms with Crippen molar-refractivity contribution in [1.29, 1.82) is 0 Å². The van der Waals surface area contributed by atoms with Crippen LogP contribution in [0.5, 0.6) is 5.75 Å². The number of nitrogens with one attached hydrogen (secondary N) is 1. The van der Waals surface area contributed by atoms with Gasteiger partial charge >= 0.3 is 0 Å². The van der Waals surface area contributed by atoms with Crippen LogP contribution in [0.4, 0.5) is 5.69 Å². The molecule has 1 amide bonds. The van der Waals surface area contributed by atoms with Crippen LogP contribution in [0.2, 0.25) is 0 Å². The number of anilines is 1. The third kappa shape index (κ3) is 4.00. The van der Waals surface area contributed by atoms with E-state index in [-0.39, 0.29) is 23.3 Å². The molecule has 0 aliphatic carbocycles. The third-order valence-electron chi connectivity index (χ3n) is 4.39. The molecule has 2 aromatic carbocycles. The molecule has 3 rings (SSSR count). The van der Waals surface area contributed by atoms with Crippen molar-refractivity contribution in [3.05, 3.63) is 64.4 Å². The highest BCUT2D eigenvalue weighted by Gasteiger charge is 2.17. The lowest BCUT2D eigenvalue weighted by Crippen LogP contribution is -2.23. The number of benzene rings is 2. The molecule has 0 saturated carbocycles. The van der Waals surface area contributed by atoms with Gasteiger partial charge in [0.15, 0.2) is 0 Å². The molecule has 6 heteroatoms. The van der Waals surface area contributed by atoms with Crippen LogP contribution < -0.4 is 15.5 Å². The van der Waals surface area contributed by atoms with Crippen molar-refractivity contribution in [2.75, 3.05) is 12.4 Å². The Morgan fingerprint density at radius 3 is 2.63 bits per heavy atom. The molecular formula is C21H23N3O3. The Labute approximate surface area is 157 Å². The summed E-state index contributed by atoms with van der Waals surface area (Å²) < 4.78 is 6.89. The summed E-state index contributed by atoms with van der Waals surface area (Å²) in [4.78, 5) is 24.6. The maximum Gasteiger partial charge on any atom is 0.246 e. The molecule has 0 bridgehead atoms. The van der Waals surface area contributed by atoms with Gasteiger partial charge in [-0.15, -0.1) is 0 Å². The van der Waals surface area contributed by atoms with Crippen molar-refractivity contribution >= 4 is 22.5 Å². The van der Waals surface area contributed by atoms with Crippen molar-refractivity contribution < 1.29 is 9.53 Å². The number of hydrogen-bond acceptors (Lipinski definition) is 4. The molecule has 0 aliphatic rings. The molecule has 140 valence electrons. The molecular weight excluding hydrogens is 342 g/mol. The predicted octanol–water partition coefficient (Wildman–Crippen LogP) is 3.34. The summed E-state index contributed by atoms with van der Waals surface area (Å²) in [5, 5.41) is 7.53. The van der Waals surface area contributed by atoms with Crippen LogP contribution in [0.3, 0.4) is 0 Å². The minimum Gasteiger partial charge on any atom is -0.495 e. The van der Waals surface area contributed by atoms with Gasteiger partial charge in [0.1, 0.15) is 12.3 Å². The molecule has 1 N–H and O–H groups in total. The van der Waals surface area contributed by atoms with Crippen LogP contribution >= 0.6 is 0 Å². The van der Waals surface area contributed by atoms with Gasteiger partial charge in [0.2, 0.25) is 11.3 Å². The van der Waals surface area contributed by atoms with Gasteiger partial charge in [0, 0.05) is 5.39 Å². The van der Waals surface area contributed by atoms with Crippen LogP contribution in [0.1, 0.15) is 26.3 Å². The molecule has 0 unspecified atom stereocenters. The largest absolute Gasteiger partial charge is 0.495 e. The first-order valence-corrected chi connectivity index (χ1v) is 8.73. The van der Waals surface area contributed by atoms with Gasteiger partial charge in [-0.05, 0) is 35.2 Å². The molecule has 0 spiro atoms. The lowest BCUT2D eigenvalue weighted by molar-refractivity contribution is -0.116. The molecule has 0 aliphatic heterocycles. The summed E-state index contributed by atoms with van der Waals surface area (Å²) in [6.45, 7) is 6.31. The third-order valence-corrected chi connectivity index (χ3v) is 4.39. The average molecular weight is 365 g/mol. The predicted molar refractivity (Wildman–Crippen MR) is 106 cm³/mol. The quantitative estimate of drug-likeness (QED) is 0.770. The van der Waals surface area contributed by atoms with E-state index in [1.165, 1.54) is 10.9 Å². The molecule has 0 fully saturated rings. The van der Waals surface area contributed by atoms with E-state index in [9.17, 15) is 9.59 Å². The van der Waals surface area contributed by atoms with Crippen molar-refractivity contribution in [1.82, 2.24) is 9.78 Å². The molecule has 3 aromatic rings. The van der Waals surface area contributed by atoms with Crippen LogP contribution in [0, 0.1) is 0 Å². The minimum atomic E-state index is -0.249. The summed E-state index contributed by atoms with van der Waals surface area (Å²) in [7, 11) is 1.57. The Morgan fingerprint density at radius 1 is 1.19 bits per heavy atom. The molecule has 27 heavy (non-hydrogen) atoms. The number of amides is 1. The van der Waals surface area contributed by atoms with E-state index in [4.69, 9.17) is 4.74 Å². The maximum absolute atomic E-state index is 12.6. The number of nitrogens with zero attached hydrogens (tertiary/aromatic N) is 2. The first-order valence-electron chi connectivity index (χ1n) is 8.73. The number of aromatic nitrogens is 2. The number of fused-ring (bicyclic) bond motifs is 1. The highest BCUT2D eigenvalue weighted by Crippen LogP contribution is 2.31. The Bertz CT molecular complexity index is 1050. The van der Waals surface area contributed by atoms with Crippen LogP contribution in [0.25, 0.3) is 10.9 Å². The highest BCUT2D eigenvalue weighted by atomic mass is 16.5. The number of methoxy groups -OCH3 is 1. The summed E-state index contributed by atoms with van der Waals surface area (Å²) in [5.41, 5.74) is 2.10. The molecule has 6 nitrogen and oxygen atoms in total. The normalized spacial score (nSPS) is 11.4. The van der Waals surface area contributed by atoms with Gasteiger partial charge in [-0.1, -0.05) is 39.0 Å². The van der Waals surface area contributed by atoms with E-state index >= 15 is 0 Å². The van der Waals surface area contributed by atoms with E-state index in [1.54, 1.807) is 25.3 Å². The van der Waals surface area contributed by atoms with Gasteiger partial charge in [-0.2, -0.15) is 5.10 Å². The summed E-state index contributed by atoms with van der Waals surface area (Å²) >= 11 is 0. The Hall–Kier alpha value is -3.15. The van der Waals surface area contributed by atoms with Gasteiger partial charge < -0.3 is 10.1 Å². The zero-order valence-corrected chi connectivity index (χ0v) is 15.9. The van der Waals surface area contributed by atoms with Gasteiger partial charge in [-0.25, -0.2) is 0 Å². The van der Waals surface area contributed by atoms with Crippen molar-refractivity contribution in [3.8, 4) is 5.75 Å². The van der Waals surface area contributed by atoms with Gasteiger partial charge in [0.25, 0.3) is 0 Å². The Balaban J connectivity index is 1.89. The Morgan fingerprint density at radius 2 is 1.93 bits per heavy atom. The molecule has 0 radical (unpaired) electrons. The van der Waals surface area contributed by atoms with Gasteiger partial charge in [0.05, 0.1) is 24.5 Å². The van der Waals surface area contributed by atoms with E-state index < -0.39 is 0 Å². The topological polar surface area (TPSA) is 73.2 Å². The first kappa shape index (κ1) is 18.6.